The molecule has 2 aromatic rings. The van der Waals surface area contributed by atoms with E-state index in [2.05, 4.69) is 31.3 Å². The predicted octanol–water partition coefficient (Wildman–Crippen LogP) is 2.43. The lowest BCUT2D eigenvalue weighted by atomic mass is 10.2. The van der Waals surface area contributed by atoms with Crippen LogP contribution in [0.1, 0.15) is 18.9 Å². The number of pyridine rings is 1. The highest BCUT2D eigenvalue weighted by Gasteiger charge is 2.09. The second-order valence-electron chi connectivity index (χ2n) is 4.43. The Labute approximate surface area is 131 Å². The van der Waals surface area contributed by atoms with Crippen LogP contribution >= 0.6 is 15.9 Å². The van der Waals surface area contributed by atoms with Gasteiger partial charge in [0.2, 0.25) is 5.88 Å². The van der Waals surface area contributed by atoms with Gasteiger partial charge in [-0.15, -0.1) is 0 Å². The first-order valence-corrected chi connectivity index (χ1v) is 7.44. The van der Waals surface area contributed by atoms with Crippen molar-refractivity contribution in [2.24, 2.45) is 0 Å². The molecule has 0 aliphatic heterocycles. The molecule has 1 N–H and O–H groups in total. The summed E-state index contributed by atoms with van der Waals surface area (Å²) in [5.74, 6) is 0.563. The average molecular weight is 353 g/mol. The van der Waals surface area contributed by atoms with Crippen LogP contribution in [0.4, 0.5) is 5.69 Å². The Morgan fingerprint density at radius 1 is 1.48 bits per heavy atom. The molecule has 21 heavy (non-hydrogen) atoms. The van der Waals surface area contributed by atoms with Crippen molar-refractivity contribution < 1.29 is 4.74 Å². The van der Waals surface area contributed by atoms with Gasteiger partial charge < -0.3 is 10.1 Å². The van der Waals surface area contributed by atoms with E-state index in [1.54, 1.807) is 19.5 Å². The number of nitrogens with one attached hydrogen (secondary N) is 1. The normalized spacial score (nSPS) is 10.4. The van der Waals surface area contributed by atoms with Crippen molar-refractivity contribution in [1.29, 1.82) is 0 Å². The van der Waals surface area contributed by atoms with Crippen LogP contribution in [-0.4, -0.2) is 21.9 Å². The smallest absolute Gasteiger partial charge is 0.283 e. The summed E-state index contributed by atoms with van der Waals surface area (Å²) < 4.78 is 7.12. The molecule has 0 aromatic carbocycles. The third-order valence-corrected chi connectivity index (χ3v) is 3.70. The molecule has 0 spiro atoms. The summed E-state index contributed by atoms with van der Waals surface area (Å²) in [5.41, 5.74) is 1.42. The topological polar surface area (TPSA) is 69.0 Å². The Morgan fingerprint density at radius 3 is 3.00 bits per heavy atom. The number of ether oxygens (including phenoxy) is 1. The highest BCUT2D eigenvalue weighted by atomic mass is 79.9. The maximum atomic E-state index is 12.1. The van der Waals surface area contributed by atoms with Crippen molar-refractivity contribution in [2.45, 2.75) is 26.4 Å². The molecule has 0 amide bonds. The summed E-state index contributed by atoms with van der Waals surface area (Å²) in [6.07, 6.45) is 4.18. The molecule has 0 saturated carbocycles. The number of hydrogen-bond acceptors (Lipinski definition) is 5. The standard InChI is InChI=1S/C14H17BrN4O2/c1-3-7-19-14(20)12(15)11(9-18-19)17-8-10-5-4-6-16-13(10)21-2/h4-6,9,17H,3,7-8H2,1-2H3. The zero-order chi connectivity index (χ0) is 15.2. The number of aryl methyl sites for hydroxylation is 1. The predicted molar refractivity (Wildman–Crippen MR) is 84.6 cm³/mol. The van der Waals surface area contributed by atoms with Crippen LogP contribution in [0.25, 0.3) is 0 Å². The third kappa shape index (κ3) is 3.60. The minimum absolute atomic E-state index is 0.139. The van der Waals surface area contributed by atoms with Gasteiger partial charge in [0.1, 0.15) is 4.47 Å². The van der Waals surface area contributed by atoms with E-state index in [-0.39, 0.29) is 5.56 Å². The van der Waals surface area contributed by atoms with Crippen molar-refractivity contribution in [3.63, 3.8) is 0 Å². The van der Waals surface area contributed by atoms with Crippen molar-refractivity contribution in [3.05, 3.63) is 44.9 Å². The summed E-state index contributed by atoms with van der Waals surface area (Å²) in [4.78, 5) is 16.2. The fourth-order valence-electron chi connectivity index (χ4n) is 1.89. The van der Waals surface area contributed by atoms with Crippen LogP contribution in [0.2, 0.25) is 0 Å². The monoisotopic (exact) mass is 352 g/mol. The molecule has 0 atom stereocenters. The van der Waals surface area contributed by atoms with Gasteiger partial charge in [-0.1, -0.05) is 13.0 Å². The minimum atomic E-state index is -0.139. The molecule has 0 bridgehead atoms. The van der Waals surface area contributed by atoms with Gasteiger partial charge in [0, 0.05) is 24.8 Å². The second kappa shape index (κ2) is 7.21. The van der Waals surface area contributed by atoms with E-state index in [1.165, 1.54) is 4.68 Å². The number of hydrogen-bond donors (Lipinski definition) is 1. The molecular weight excluding hydrogens is 336 g/mol. The Morgan fingerprint density at radius 2 is 2.29 bits per heavy atom. The molecule has 0 aliphatic carbocycles. The van der Waals surface area contributed by atoms with Crippen molar-refractivity contribution in [3.8, 4) is 5.88 Å². The zero-order valence-electron chi connectivity index (χ0n) is 12.0. The second-order valence-corrected chi connectivity index (χ2v) is 5.22. The number of aromatic nitrogens is 3. The van der Waals surface area contributed by atoms with Gasteiger partial charge >= 0.3 is 0 Å². The largest absolute Gasteiger partial charge is 0.481 e. The summed E-state index contributed by atoms with van der Waals surface area (Å²) in [6, 6.07) is 3.75. The van der Waals surface area contributed by atoms with Gasteiger partial charge in [0.25, 0.3) is 5.56 Å². The van der Waals surface area contributed by atoms with Crippen LogP contribution in [-0.2, 0) is 13.1 Å². The molecule has 2 rings (SSSR count). The fraction of sp³-hybridized carbons (Fsp3) is 0.357. The van der Waals surface area contributed by atoms with Crippen LogP contribution < -0.4 is 15.6 Å². The van der Waals surface area contributed by atoms with Crippen molar-refractivity contribution in [1.82, 2.24) is 14.8 Å². The van der Waals surface area contributed by atoms with E-state index >= 15 is 0 Å². The lowest BCUT2D eigenvalue weighted by Crippen LogP contribution is -2.24. The Kier molecular flexibility index (Phi) is 5.32. The van der Waals surface area contributed by atoms with E-state index in [4.69, 9.17) is 4.74 Å². The summed E-state index contributed by atoms with van der Waals surface area (Å²) in [7, 11) is 1.58. The maximum absolute atomic E-state index is 12.1. The van der Waals surface area contributed by atoms with Crippen LogP contribution in [0, 0.1) is 0 Å². The first kappa shape index (κ1) is 15.5. The maximum Gasteiger partial charge on any atom is 0.283 e. The first-order valence-electron chi connectivity index (χ1n) is 6.64. The van der Waals surface area contributed by atoms with Gasteiger partial charge in [0.15, 0.2) is 0 Å². The molecule has 0 unspecified atom stereocenters. The lowest BCUT2D eigenvalue weighted by molar-refractivity contribution is 0.393. The zero-order valence-corrected chi connectivity index (χ0v) is 13.6. The fourth-order valence-corrected chi connectivity index (χ4v) is 2.34. The van der Waals surface area contributed by atoms with Crippen LogP contribution in [0.5, 0.6) is 5.88 Å². The average Bonchev–Trinajstić information content (AvgIpc) is 2.51. The highest BCUT2D eigenvalue weighted by Crippen LogP contribution is 2.19. The molecule has 0 radical (unpaired) electrons. The summed E-state index contributed by atoms with van der Waals surface area (Å²) in [5, 5.41) is 7.32. The molecule has 0 saturated heterocycles. The molecule has 0 fully saturated rings. The third-order valence-electron chi connectivity index (χ3n) is 2.93. The SMILES string of the molecule is CCCn1ncc(NCc2cccnc2OC)c(Br)c1=O. The molecule has 0 aliphatic rings. The highest BCUT2D eigenvalue weighted by molar-refractivity contribution is 9.10. The molecular formula is C14H17BrN4O2. The number of rotatable bonds is 6. The van der Waals surface area contributed by atoms with Crippen molar-refractivity contribution in [2.75, 3.05) is 12.4 Å². The Hall–Kier alpha value is -1.89. The van der Waals surface area contributed by atoms with E-state index < -0.39 is 0 Å². The molecule has 2 aromatic heterocycles. The molecule has 112 valence electrons. The lowest BCUT2D eigenvalue weighted by Gasteiger charge is -2.11. The van der Waals surface area contributed by atoms with E-state index in [9.17, 15) is 4.79 Å². The number of halogens is 1. The van der Waals surface area contributed by atoms with Gasteiger partial charge in [-0.05, 0) is 28.4 Å². The van der Waals surface area contributed by atoms with E-state index in [0.717, 1.165) is 12.0 Å². The number of anilines is 1. The Bertz CT molecular complexity index is 672. The summed E-state index contributed by atoms with van der Waals surface area (Å²) in [6.45, 7) is 3.10. The van der Waals surface area contributed by atoms with Crippen molar-refractivity contribution >= 4 is 21.6 Å². The first-order chi connectivity index (χ1) is 10.2. The molecule has 6 nitrogen and oxygen atoms in total. The van der Waals surface area contributed by atoms with Gasteiger partial charge in [-0.2, -0.15) is 5.10 Å². The van der Waals surface area contributed by atoms with Gasteiger partial charge in [-0.25, -0.2) is 9.67 Å². The minimum Gasteiger partial charge on any atom is -0.481 e. The van der Waals surface area contributed by atoms with Crippen LogP contribution in [0.15, 0.2) is 33.8 Å². The quantitative estimate of drug-likeness (QED) is 0.864. The van der Waals surface area contributed by atoms with Gasteiger partial charge in [0.05, 0.1) is 19.0 Å². The molecule has 7 heteroatoms. The Balaban J connectivity index is 2.17. The van der Waals surface area contributed by atoms with Gasteiger partial charge in [-0.3, -0.25) is 4.79 Å². The number of nitrogens with zero attached hydrogens (tertiary/aromatic N) is 3. The molecule has 2 heterocycles. The number of methoxy groups -OCH3 is 1. The summed E-state index contributed by atoms with van der Waals surface area (Å²) >= 11 is 3.33. The van der Waals surface area contributed by atoms with Crippen LogP contribution in [0.3, 0.4) is 0 Å². The van der Waals surface area contributed by atoms with E-state index in [1.807, 2.05) is 19.1 Å². The van der Waals surface area contributed by atoms with E-state index in [0.29, 0.717) is 29.1 Å².